The van der Waals surface area contributed by atoms with Crippen molar-refractivity contribution < 1.29 is 14.7 Å². The number of thioether (sulfide) groups is 1. The number of carboxylic acids is 1. The van der Waals surface area contributed by atoms with Crippen LogP contribution in [-0.2, 0) is 0 Å². The van der Waals surface area contributed by atoms with Crippen molar-refractivity contribution in [3.63, 3.8) is 0 Å². The Morgan fingerprint density at radius 2 is 1.89 bits per heavy atom. The molecule has 0 spiro atoms. The molecule has 4 nitrogen and oxygen atoms in total. The molecule has 1 saturated heterocycles. The number of rotatable bonds is 2. The first kappa shape index (κ1) is 13.0. The number of hydrogen-bond donors (Lipinski definition) is 1. The van der Waals surface area contributed by atoms with E-state index in [-0.39, 0.29) is 21.9 Å². The Labute approximate surface area is 110 Å². The first-order valence-corrected chi connectivity index (χ1v) is 6.70. The Morgan fingerprint density at radius 1 is 1.28 bits per heavy atom. The topological polar surface area (TPSA) is 57.6 Å². The maximum Gasteiger partial charge on any atom is 0.336 e. The van der Waals surface area contributed by atoms with Crippen LogP contribution in [0.4, 0.5) is 0 Å². The lowest BCUT2D eigenvalue weighted by molar-refractivity contribution is 0.0658. The molecule has 1 fully saturated rings. The van der Waals surface area contributed by atoms with Crippen LogP contribution in [0.1, 0.15) is 34.6 Å². The summed E-state index contributed by atoms with van der Waals surface area (Å²) in [5.74, 6) is -0.389. The Morgan fingerprint density at radius 3 is 2.39 bits per heavy atom. The van der Waals surface area contributed by atoms with Gasteiger partial charge in [-0.1, -0.05) is 12.1 Å². The summed E-state index contributed by atoms with van der Waals surface area (Å²) in [4.78, 5) is 25.0. The fourth-order valence-electron chi connectivity index (χ4n) is 2.08. The molecule has 0 saturated carbocycles. The van der Waals surface area contributed by atoms with Crippen molar-refractivity contribution in [2.75, 3.05) is 12.3 Å². The van der Waals surface area contributed by atoms with Crippen molar-refractivity contribution in [1.82, 2.24) is 4.90 Å². The summed E-state index contributed by atoms with van der Waals surface area (Å²) < 4.78 is 0. The quantitative estimate of drug-likeness (QED) is 0.891. The average molecular weight is 265 g/mol. The highest BCUT2D eigenvalue weighted by Gasteiger charge is 2.37. The van der Waals surface area contributed by atoms with Crippen LogP contribution >= 0.6 is 11.8 Å². The van der Waals surface area contributed by atoms with E-state index < -0.39 is 5.97 Å². The van der Waals surface area contributed by atoms with Gasteiger partial charge in [0.15, 0.2) is 0 Å². The van der Waals surface area contributed by atoms with Gasteiger partial charge in [-0.3, -0.25) is 4.79 Å². The normalized spacial score (nSPS) is 17.8. The Hall–Kier alpha value is -1.49. The third kappa shape index (κ3) is 2.22. The van der Waals surface area contributed by atoms with Gasteiger partial charge in [0.25, 0.3) is 5.91 Å². The largest absolute Gasteiger partial charge is 0.478 e. The van der Waals surface area contributed by atoms with Gasteiger partial charge in [0.05, 0.1) is 16.0 Å². The molecule has 1 N–H and O–H groups in total. The minimum Gasteiger partial charge on any atom is -0.478 e. The molecule has 1 aromatic rings. The number of nitrogens with zero attached hydrogens (tertiary/aromatic N) is 1. The summed E-state index contributed by atoms with van der Waals surface area (Å²) in [5.41, 5.74) is 0.329. The van der Waals surface area contributed by atoms with E-state index in [9.17, 15) is 9.59 Å². The molecule has 1 amide bonds. The molecule has 1 aromatic carbocycles. The summed E-state index contributed by atoms with van der Waals surface area (Å²) in [6.45, 7) is 4.61. The van der Waals surface area contributed by atoms with E-state index in [0.29, 0.717) is 6.54 Å². The fraction of sp³-hybridized carbons (Fsp3) is 0.385. The van der Waals surface area contributed by atoms with Gasteiger partial charge in [-0.25, -0.2) is 4.79 Å². The zero-order valence-electron chi connectivity index (χ0n) is 10.3. The second kappa shape index (κ2) is 4.65. The minimum absolute atomic E-state index is 0.0650. The monoisotopic (exact) mass is 265 g/mol. The first-order valence-electron chi connectivity index (χ1n) is 5.72. The highest BCUT2D eigenvalue weighted by molar-refractivity contribution is 8.00. The molecule has 0 atom stereocenters. The number of hydrogen-bond acceptors (Lipinski definition) is 3. The van der Waals surface area contributed by atoms with E-state index in [1.54, 1.807) is 34.9 Å². The van der Waals surface area contributed by atoms with Crippen LogP contribution in [0.15, 0.2) is 24.3 Å². The highest BCUT2D eigenvalue weighted by Crippen LogP contribution is 2.36. The predicted molar refractivity (Wildman–Crippen MR) is 71.0 cm³/mol. The molecule has 0 bridgehead atoms. The Kier molecular flexibility index (Phi) is 3.34. The second-order valence-electron chi connectivity index (χ2n) is 4.60. The number of carbonyl (C=O) groups is 2. The molecule has 1 aliphatic heterocycles. The van der Waals surface area contributed by atoms with Gasteiger partial charge in [0.1, 0.15) is 0 Å². The van der Waals surface area contributed by atoms with Gasteiger partial charge < -0.3 is 10.0 Å². The maximum absolute atomic E-state index is 12.4. The standard InChI is InChI=1S/C13H15NO3S/c1-13(2)14(7-8-18-13)11(15)9-5-3-4-6-10(9)12(16)17/h3-6H,7-8H2,1-2H3,(H,16,17). The lowest BCUT2D eigenvalue weighted by Gasteiger charge is -2.30. The third-order valence-electron chi connectivity index (χ3n) is 3.05. The number of aromatic carboxylic acids is 1. The van der Waals surface area contributed by atoms with E-state index in [2.05, 4.69) is 0 Å². The van der Waals surface area contributed by atoms with Crippen molar-refractivity contribution in [1.29, 1.82) is 0 Å². The van der Waals surface area contributed by atoms with Crippen LogP contribution in [0, 0.1) is 0 Å². The molecule has 96 valence electrons. The third-order valence-corrected chi connectivity index (χ3v) is 4.37. The number of carbonyl (C=O) groups excluding carboxylic acids is 1. The molecule has 18 heavy (non-hydrogen) atoms. The lowest BCUT2D eigenvalue weighted by Crippen LogP contribution is -2.41. The van der Waals surface area contributed by atoms with Crippen LogP contribution in [0.2, 0.25) is 0 Å². The van der Waals surface area contributed by atoms with E-state index in [0.717, 1.165) is 5.75 Å². The predicted octanol–water partition coefficient (Wildman–Crippen LogP) is 2.31. The van der Waals surface area contributed by atoms with E-state index in [1.807, 2.05) is 13.8 Å². The van der Waals surface area contributed by atoms with Crippen LogP contribution < -0.4 is 0 Å². The van der Waals surface area contributed by atoms with Crippen molar-refractivity contribution >= 4 is 23.6 Å². The number of benzene rings is 1. The van der Waals surface area contributed by atoms with Gasteiger partial charge in [-0.05, 0) is 26.0 Å². The molecule has 0 aliphatic carbocycles. The zero-order valence-corrected chi connectivity index (χ0v) is 11.2. The van der Waals surface area contributed by atoms with Crippen LogP contribution in [0.3, 0.4) is 0 Å². The van der Waals surface area contributed by atoms with Crippen molar-refractivity contribution in [3.8, 4) is 0 Å². The highest BCUT2D eigenvalue weighted by atomic mass is 32.2. The first-order chi connectivity index (χ1) is 8.43. The van der Waals surface area contributed by atoms with Gasteiger partial charge in [-0.2, -0.15) is 0 Å². The lowest BCUT2D eigenvalue weighted by atomic mass is 10.1. The number of amides is 1. The fourth-order valence-corrected chi connectivity index (χ4v) is 3.18. The summed E-state index contributed by atoms with van der Waals surface area (Å²) in [7, 11) is 0. The molecule has 0 unspecified atom stereocenters. The second-order valence-corrected chi connectivity index (χ2v) is 6.30. The SMILES string of the molecule is CC1(C)SCCN1C(=O)c1ccccc1C(=O)O. The van der Waals surface area contributed by atoms with Gasteiger partial charge in [0.2, 0.25) is 0 Å². The molecular formula is C13H15NO3S. The summed E-state index contributed by atoms with van der Waals surface area (Å²) in [6, 6.07) is 6.36. The van der Waals surface area contributed by atoms with Gasteiger partial charge in [-0.15, -0.1) is 11.8 Å². The van der Waals surface area contributed by atoms with Crippen molar-refractivity contribution in [2.45, 2.75) is 18.7 Å². The van der Waals surface area contributed by atoms with Gasteiger partial charge in [0, 0.05) is 12.3 Å². The molecule has 1 heterocycles. The summed E-state index contributed by atoms with van der Waals surface area (Å²) in [5, 5.41) is 9.11. The van der Waals surface area contributed by atoms with Crippen molar-refractivity contribution in [3.05, 3.63) is 35.4 Å². The molecule has 0 aromatic heterocycles. The van der Waals surface area contributed by atoms with Crippen LogP contribution in [0.5, 0.6) is 0 Å². The number of carboxylic acid groups (broad SMARTS) is 1. The molecular weight excluding hydrogens is 250 g/mol. The van der Waals surface area contributed by atoms with Crippen LogP contribution in [0.25, 0.3) is 0 Å². The summed E-state index contributed by atoms with van der Waals surface area (Å²) >= 11 is 1.70. The Bertz CT molecular complexity index is 499. The molecule has 2 rings (SSSR count). The smallest absolute Gasteiger partial charge is 0.336 e. The molecule has 0 radical (unpaired) electrons. The molecule has 1 aliphatic rings. The Balaban J connectivity index is 2.38. The average Bonchev–Trinajstić information content (AvgIpc) is 2.68. The zero-order chi connectivity index (χ0) is 13.3. The van der Waals surface area contributed by atoms with E-state index in [4.69, 9.17) is 5.11 Å². The van der Waals surface area contributed by atoms with Gasteiger partial charge >= 0.3 is 5.97 Å². The van der Waals surface area contributed by atoms with Crippen LogP contribution in [-0.4, -0.2) is 39.1 Å². The maximum atomic E-state index is 12.4. The van der Waals surface area contributed by atoms with Crippen molar-refractivity contribution in [2.24, 2.45) is 0 Å². The van der Waals surface area contributed by atoms with E-state index >= 15 is 0 Å². The van der Waals surface area contributed by atoms with E-state index in [1.165, 1.54) is 6.07 Å². The molecule has 5 heteroatoms. The minimum atomic E-state index is -1.07. The summed E-state index contributed by atoms with van der Waals surface area (Å²) in [6.07, 6.45) is 0.